The molecule has 0 bridgehead atoms. The summed E-state index contributed by atoms with van der Waals surface area (Å²) in [5.74, 6) is 0.701. The Kier molecular flexibility index (Phi) is 4.27. The molecule has 10 heteroatoms. The number of hydrogen-bond acceptors (Lipinski definition) is 8. The fourth-order valence-electron chi connectivity index (χ4n) is 1.29. The summed E-state index contributed by atoms with van der Waals surface area (Å²) in [4.78, 5) is 22.4. The van der Waals surface area contributed by atoms with Gasteiger partial charge in [-0.25, -0.2) is 15.0 Å². The number of nitrogens with zero attached hydrogens (tertiary/aromatic N) is 5. The fourth-order valence-corrected chi connectivity index (χ4v) is 3.32. The lowest BCUT2D eigenvalue weighted by Crippen LogP contribution is -2.00. The molecule has 0 atom stereocenters. The molecule has 0 saturated carbocycles. The first-order chi connectivity index (χ1) is 9.01. The van der Waals surface area contributed by atoms with Crippen LogP contribution in [-0.2, 0) is 6.42 Å². The summed E-state index contributed by atoms with van der Waals surface area (Å²) < 4.78 is 4.71. The van der Waals surface area contributed by atoms with E-state index in [1.54, 1.807) is 0 Å². The van der Waals surface area contributed by atoms with Gasteiger partial charge in [0.05, 0.1) is 4.92 Å². The van der Waals surface area contributed by atoms with E-state index in [9.17, 15) is 10.1 Å². The van der Waals surface area contributed by atoms with Crippen molar-refractivity contribution in [1.29, 1.82) is 0 Å². The average Bonchev–Trinajstić information content (AvgIpc) is 2.75. The Morgan fingerprint density at radius 3 is 2.74 bits per heavy atom. The molecule has 19 heavy (non-hydrogen) atoms. The van der Waals surface area contributed by atoms with Crippen molar-refractivity contribution in [3.63, 3.8) is 0 Å². The number of rotatable bonds is 4. The van der Waals surface area contributed by atoms with Crippen LogP contribution in [0.1, 0.15) is 18.4 Å². The minimum atomic E-state index is -0.518. The van der Waals surface area contributed by atoms with Gasteiger partial charge in [-0.05, 0) is 41.8 Å². The Labute approximate surface area is 121 Å². The van der Waals surface area contributed by atoms with Crippen LogP contribution in [-0.4, -0.2) is 24.2 Å². The standard InChI is InChI=1S/C9H8ClN5O2S2/c1-3-5-12-9(19-14-5)18-7-6(15(16)17)4(2)11-8(10)13-7/h3H2,1-2H3. The molecule has 0 aromatic carbocycles. The first-order valence-corrected chi connectivity index (χ1v) is 7.17. The Hall–Kier alpha value is -1.32. The number of nitro groups is 1. The van der Waals surface area contributed by atoms with Crippen LogP contribution in [0.25, 0.3) is 0 Å². The predicted molar refractivity (Wildman–Crippen MR) is 71.8 cm³/mol. The zero-order valence-electron chi connectivity index (χ0n) is 9.95. The highest BCUT2D eigenvalue weighted by molar-refractivity contribution is 8.01. The molecule has 0 spiro atoms. The number of hydrogen-bond donors (Lipinski definition) is 0. The van der Waals surface area contributed by atoms with Crippen molar-refractivity contribution >= 4 is 40.6 Å². The second-order valence-corrected chi connectivity index (χ2v) is 5.75. The van der Waals surface area contributed by atoms with E-state index in [1.807, 2.05) is 6.92 Å². The third kappa shape index (κ3) is 3.17. The largest absolute Gasteiger partial charge is 0.322 e. The van der Waals surface area contributed by atoms with Gasteiger partial charge in [0.2, 0.25) is 5.28 Å². The monoisotopic (exact) mass is 317 g/mol. The van der Waals surface area contributed by atoms with E-state index in [0.29, 0.717) is 16.6 Å². The van der Waals surface area contributed by atoms with Crippen LogP contribution in [0.2, 0.25) is 5.28 Å². The fraction of sp³-hybridized carbons (Fsp3) is 0.333. The Morgan fingerprint density at radius 2 is 2.16 bits per heavy atom. The van der Waals surface area contributed by atoms with Crippen molar-refractivity contribution in [2.75, 3.05) is 0 Å². The van der Waals surface area contributed by atoms with E-state index in [-0.39, 0.29) is 21.7 Å². The molecule has 2 rings (SSSR count). The Morgan fingerprint density at radius 1 is 1.42 bits per heavy atom. The normalized spacial score (nSPS) is 10.7. The first kappa shape index (κ1) is 14.1. The van der Waals surface area contributed by atoms with Gasteiger partial charge in [-0.3, -0.25) is 10.1 Å². The summed E-state index contributed by atoms with van der Waals surface area (Å²) in [6.45, 7) is 3.46. The van der Waals surface area contributed by atoms with Crippen molar-refractivity contribution < 1.29 is 4.92 Å². The molecule has 2 aromatic heterocycles. The van der Waals surface area contributed by atoms with Gasteiger partial charge < -0.3 is 0 Å². The van der Waals surface area contributed by atoms with Gasteiger partial charge in [-0.2, -0.15) is 4.37 Å². The van der Waals surface area contributed by atoms with Crippen LogP contribution < -0.4 is 0 Å². The van der Waals surface area contributed by atoms with Gasteiger partial charge in [0, 0.05) is 6.42 Å². The Balaban J connectivity index is 2.40. The van der Waals surface area contributed by atoms with Crippen molar-refractivity contribution in [2.45, 2.75) is 29.6 Å². The SMILES string of the molecule is CCc1nsc(Sc2nc(Cl)nc(C)c2[N+](=O)[O-])n1. The van der Waals surface area contributed by atoms with Crippen molar-refractivity contribution in [2.24, 2.45) is 0 Å². The summed E-state index contributed by atoms with van der Waals surface area (Å²) >= 11 is 7.99. The summed E-state index contributed by atoms with van der Waals surface area (Å²) in [5, 5.41) is 11.2. The molecule has 0 saturated heterocycles. The maximum absolute atomic E-state index is 11.0. The van der Waals surface area contributed by atoms with Gasteiger partial charge in [0.1, 0.15) is 11.5 Å². The topological polar surface area (TPSA) is 94.7 Å². The summed E-state index contributed by atoms with van der Waals surface area (Å²) in [6.07, 6.45) is 0.711. The van der Waals surface area contributed by atoms with Crippen LogP contribution in [0.3, 0.4) is 0 Å². The zero-order chi connectivity index (χ0) is 14.0. The molecule has 2 aromatic rings. The summed E-state index contributed by atoms with van der Waals surface area (Å²) in [5.41, 5.74) is 0.0791. The van der Waals surface area contributed by atoms with E-state index in [4.69, 9.17) is 11.6 Å². The third-order valence-electron chi connectivity index (χ3n) is 2.13. The van der Waals surface area contributed by atoms with Crippen LogP contribution in [0.4, 0.5) is 5.69 Å². The molecule has 0 radical (unpaired) electrons. The molecule has 0 fully saturated rings. The average molecular weight is 318 g/mol. The summed E-state index contributed by atoms with van der Waals surface area (Å²) in [6, 6.07) is 0. The Bertz CT molecular complexity index is 633. The molecule has 7 nitrogen and oxygen atoms in total. The molecule has 0 aliphatic rings. The highest BCUT2D eigenvalue weighted by atomic mass is 35.5. The predicted octanol–water partition coefficient (Wildman–Crippen LogP) is 2.91. The van der Waals surface area contributed by atoms with E-state index < -0.39 is 4.92 Å². The highest BCUT2D eigenvalue weighted by Crippen LogP contribution is 2.35. The number of halogens is 1. The van der Waals surface area contributed by atoms with Gasteiger partial charge in [-0.1, -0.05) is 6.92 Å². The molecule has 0 aliphatic carbocycles. The molecule has 0 amide bonds. The van der Waals surface area contributed by atoms with Gasteiger partial charge in [-0.15, -0.1) is 0 Å². The van der Waals surface area contributed by atoms with Gasteiger partial charge in [0.15, 0.2) is 9.37 Å². The summed E-state index contributed by atoms with van der Waals surface area (Å²) in [7, 11) is 0. The lowest BCUT2D eigenvalue weighted by molar-refractivity contribution is -0.389. The van der Waals surface area contributed by atoms with Crippen LogP contribution >= 0.6 is 34.9 Å². The lowest BCUT2D eigenvalue weighted by Gasteiger charge is -2.02. The highest BCUT2D eigenvalue weighted by Gasteiger charge is 2.23. The van der Waals surface area contributed by atoms with E-state index in [1.165, 1.54) is 18.5 Å². The zero-order valence-corrected chi connectivity index (χ0v) is 12.3. The third-order valence-corrected chi connectivity index (χ3v) is 4.07. The molecule has 2 heterocycles. The van der Waals surface area contributed by atoms with E-state index in [2.05, 4.69) is 19.3 Å². The van der Waals surface area contributed by atoms with Gasteiger partial charge in [0.25, 0.3) is 0 Å². The molecule has 0 aliphatic heterocycles. The van der Waals surface area contributed by atoms with E-state index >= 15 is 0 Å². The van der Waals surface area contributed by atoms with Crippen LogP contribution in [0, 0.1) is 17.0 Å². The molecule has 0 unspecified atom stereocenters. The van der Waals surface area contributed by atoms with Gasteiger partial charge >= 0.3 is 5.69 Å². The number of aryl methyl sites for hydroxylation is 2. The molecule has 0 N–H and O–H groups in total. The first-order valence-electron chi connectivity index (χ1n) is 5.20. The molecule has 100 valence electrons. The maximum Gasteiger partial charge on any atom is 0.322 e. The molecular formula is C9H8ClN5O2S2. The lowest BCUT2D eigenvalue weighted by atomic mass is 10.4. The van der Waals surface area contributed by atoms with Crippen molar-refractivity contribution in [3.05, 3.63) is 26.9 Å². The maximum atomic E-state index is 11.0. The number of aromatic nitrogens is 4. The molecular weight excluding hydrogens is 310 g/mol. The smallest absolute Gasteiger partial charge is 0.258 e. The second-order valence-electron chi connectivity index (χ2n) is 3.42. The quantitative estimate of drug-likeness (QED) is 0.370. The van der Waals surface area contributed by atoms with Crippen molar-refractivity contribution in [1.82, 2.24) is 19.3 Å². The second kappa shape index (κ2) is 5.76. The minimum absolute atomic E-state index is 0.0224. The van der Waals surface area contributed by atoms with E-state index in [0.717, 1.165) is 11.8 Å². The van der Waals surface area contributed by atoms with Crippen molar-refractivity contribution in [3.8, 4) is 0 Å². The minimum Gasteiger partial charge on any atom is -0.258 e. The van der Waals surface area contributed by atoms with Crippen LogP contribution in [0.5, 0.6) is 0 Å². The van der Waals surface area contributed by atoms with Crippen LogP contribution in [0.15, 0.2) is 9.37 Å².